The number of rotatable bonds is 44. The van der Waals surface area contributed by atoms with Crippen LogP contribution < -0.4 is 0 Å². The number of ether oxygens (including phenoxy) is 2. The Bertz CT molecular complexity index is 1040. The number of hydrogen-bond acceptors (Lipinski definition) is 7. The van der Waals surface area contributed by atoms with Gasteiger partial charge in [-0.3, -0.25) is 18.6 Å². The van der Waals surface area contributed by atoms with Crippen molar-refractivity contribution in [2.75, 3.05) is 47.5 Å². The van der Waals surface area contributed by atoms with Crippen molar-refractivity contribution in [1.82, 2.24) is 0 Å². The smallest absolute Gasteiger partial charge is 0.462 e. The van der Waals surface area contributed by atoms with Crippen LogP contribution in [0.25, 0.3) is 0 Å². The predicted molar refractivity (Wildman–Crippen MR) is 243 cm³/mol. The lowest BCUT2D eigenvalue weighted by atomic mass is 10.0. The van der Waals surface area contributed by atoms with Crippen LogP contribution in [0, 0.1) is 0 Å². The van der Waals surface area contributed by atoms with E-state index in [0.717, 1.165) is 38.5 Å². The number of carbonyl (C=O) groups excluding carboxylic acids is 2. The highest BCUT2D eigenvalue weighted by atomic mass is 31.2. The van der Waals surface area contributed by atoms with Gasteiger partial charge >= 0.3 is 19.8 Å². The summed E-state index contributed by atoms with van der Waals surface area (Å²) >= 11 is 0. The van der Waals surface area contributed by atoms with Gasteiger partial charge in [-0.05, 0) is 38.5 Å². The van der Waals surface area contributed by atoms with E-state index in [1.54, 1.807) is 0 Å². The van der Waals surface area contributed by atoms with E-state index in [1.165, 1.54) is 148 Å². The molecule has 1 unspecified atom stereocenters. The van der Waals surface area contributed by atoms with E-state index in [-0.39, 0.29) is 32.0 Å². The molecule has 0 saturated carbocycles. The minimum absolute atomic E-state index is 0.0265. The molecule has 0 heterocycles. The fourth-order valence-corrected chi connectivity index (χ4v) is 7.44. The largest absolute Gasteiger partial charge is 0.472 e. The van der Waals surface area contributed by atoms with Gasteiger partial charge in [-0.2, -0.15) is 0 Å². The standard InChI is InChI=1S/C48H92NO8P/c1-6-8-10-12-14-16-18-20-22-24-26-28-30-32-34-36-38-40-47(50)54-44-46(45-56-58(52,53)55-43-42-49(3,4)5)57-48(51)41-39-37-35-33-31-29-27-25-23-21-19-17-15-13-11-9-7-2/h27,29,33,35,46H,6-26,28,30-32,34,36-45H2,1-5H3/p+1/b29-27+,35-33+/t46-/m1/s1. The van der Waals surface area contributed by atoms with Crippen LogP contribution in [-0.4, -0.2) is 74.9 Å². The van der Waals surface area contributed by atoms with Crippen molar-refractivity contribution in [1.29, 1.82) is 0 Å². The summed E-state index contributed by atoms with van der Waals surface area (Å²) in [6, 6.07) is 0. The summed E-state index contributed by atoms with van der Waals surface area (Å²) in [4.78, 5) is 35.4. The van der Waals surface area contributed by atoms with Crippen LogP contribution in [0.5, 0.6) is 0 Å². The first kappa shape index (κ1) is 56.5. The molecule has 9 nitrogen and oxygen atoms in total. The van der Waals surface area contributed by atoms with E-state index in [0.29, 0.717) is 17.4 Å². The monoisotopic (exact) mass is 843 g/mol. The summed E-state index contributed by atoms with van der Waals surface area (Å²) in [5, 5.41) is 0. The van der Waals surface area contributed by atoms with E-state index >= 15 is 0 Å². The highest BCUT2D eigenvalue weighted by Gasteiger charge is 2.27. The van der Waals surface area contributed by atoms with E-state index in [1.807, 2.05) is 21.1 Å². The van der Waals surface area contributed by atoms with Crippen LogP contribution in [0.2, 0.25) is 0 Å². The zero-order valence-electron chi connectivity index (χ0n) is 38.5. The molecule has 0 radical (unpaired) electrons. The third-order valence-electron chi connectivity index (χ3n) is 10.5. The van der Waals surface area contributed by atoms with E-state index in [4.69, 9.17) is 18.5 Å². The van der Waals surface area contributed by atoms with Crippen LogP contribution in [0.1, 0.15) is 219 Å². The van der Waals surface area contributed by atoms with E-state index in [2.05, 4.69) is 38.2 Å². The molecular weight excluding hydrogens is 750 g/mol. The van der Waals surface area contributed by atoms with Crippen molar-refractivity contribution in [2.24, 2.45) is 0 Å². The molecule has 0 aliphatic rings. The predicted octanol–water partition coefficient (Wildman–Crippen LogP) is 13.9. The topological polar surface area (TPSA) is 108 Å². The molecule has 0 aromatic rings. The zero-order valence-corrected chi connectivity index (χ0v) is 39.4. The molecule has 0 aromatic heterocycles. The number of unbranched alkanes of at least 4 members (excludes halogenated alkanes) is 26. The van der Waals surface area contributed by atoms with Gasteiger partial charge in [-0.25, -0.2) is 4.57 Å². The number of hydrogen-bond donors (Lipinski definition) is 1. The number of phosphoric acid groups is 1. The third kappa shape index (κ3) is 44.1. The first-order valence-corrected chi connectivity index (χ1v) is 25.6. The average Bonchev–Trinajstić information content (AvgIpc) is 3.17. The maximum atomic E-state index is 12.7. The first-order chi connectivity index (χ1) is 28.0. The Labute approximate surface area is 358 Å². The van der Waals surface area contributed by atoms with Crippen molar-refractivity contribution < 1.29 is 42.1 Å². The Morgan fingerprint density at radius 2 is 0.948 bits per heavy atom. The third-order valence-corrected chi connectivity index (χ3v) is 11.5. The highest BCUT2D eigenvalue weighted by Crippen LogP contribution is 2.43. The molecule has 58 heavy (non-hydrogen) atoms. The summed E-state index contributed by atoms with van der Waals surface area (Å²) in [6.45, 7) is 4.41. The van der Waals surface area contributed by atoms with Gasteiger partial charge in [0.25, 0.3) is 0 Å². The fourth-order valence-electron chi connectivity index (χ4n) is 6.70. The number of carbonyl (C=O) groups is 2. The number of phosphoric ester groups is 1. The molecule has 10 heteroatoms. The molecule has 0 amide bonds. The normalized spacial score (nSPS) is 13.7. The minimum atomic E-state index is -4.38. The number of allylic oxidation sites excluding steroid dienone is 4. The second-order valence-electron chi connectivity index (χ2n) is 17.5. The average molecular weight is 843 g/mol. The SMILES string of the molecule is CCCCCCCCCCC/C=C/C/C=C/CCCC(=O)O[C@H](COC(=O)CCCCCCCCCCCCCCCCCCC)COP(=O)(O)OCC[N+](C)(C)C. The number of likely N-dealkylation sites (N-methyl/N-ethyl adjacent to an activating group) is 1. The summed E-state index contributed by atoms with van der Waals surface area (Å²) in [5.41, 5.74) is 0. The van der Waals surface area contributed by atoms with Crippen LogP contribution in [0.15, 0.2) is 24.3 Å². The maximum Gasteiger partial charge on any atom is 0.472 e. The maximum absolute atomic E-state index is 12.7. The Kier molecular flexibility index (Phi) is 39.8. The van der Waals surface area contributed by atoms with Gasteiger partial charge in [0.05, 0.1) is 27.7 Å². The van der Waals surface area contributed by atoms with Gasteiger partial charge in [-0.15, -0.1) is 0 Å². The summed E-state index contributed by atoms with van der Waals surface area (Å²) in [6.07, 6.45) is 45.2. The molecule has 0 spiro atoms. The van der Waals surface area contributed by atoms with Crippen molar-refractivity contribution in [3.8, 4) is 0 Å². The second-order valence-corrected chi connectivity index (χ2v) is 19.0. The molecule has 0 saturated heterocycles. The molecule has 0 rings (SSSR count). The van der Waals surface area contributed by atoms with Crippen LogP contribution >= 0.6 is 7.82 Å². The first-order valence-electron chi connectivity index (χ1n) is 24.1. The molecule has 1 N–H and O–H groups in total. The quantitative estimate of drug-likeness (QED) is 0.0212. The lowest BCUT2D eigenvalue weighted by molar-refractivity contribution is -0.870. The second kappa shape index (κ2) is 40.9. The Morgan fingerprint density at radius 1 is 0.534 bits per heavy atom. The molecule has 0 aliphatic carbocycles. The van der Waals surface area contributed by atoms with Crippen molar-refractivity contribution in [3.05, 3.63) is 24.3 Å². The molecule has 0 aromatic carbocycles. The molecule has 342 valence electrons. The molecule has 0 fully saturated rings. The summed E-state index contributed by atoms with van der Waals surface area (Å²) in [5.74, 6) is -0.841. The van der Waals surface area contributed by atoms with Crippen LogP contribution in [0.3, 0.4) is 0 Å². The van der Waals surface area contributed by atoms with Gasteiger partial charge in [0.15, 0.2) is 6.10 Å². The molecule has 2 atom stereocenters. The lowest BCUT2D eigenvalue weighted by Gasteiger charge is -2.24. The van der Waals surface area contributed by atoms with Crippen molar-refractivity contribution in [2.45, 2.75) is 225 Å². The van der Waals surface area contributed by atoms with E-state index in [9.17, 15) is 19.0 Å². The van der Waals surface area contributed by atoms with Gasteiger partial charge in [0.1, 0.15) is 19.8 Å². The Balaban J connectivity index is 4.34. The van der Waals surface area contributed by atoms with E-state index < -0.39 is 26.5 Å². The van der Waals surface area contributed by atoms with Crippen molar-refractivity contribution in [3.63, 3.8) is 0 Å². The van der Waals surface area contributed by atoms with Gasteiger partial charge in [0, 0.05) is 12.8 Å². The number of esters is 2. The molecule has 0 aliphatic heterocycles. The van der Waals surface area contributed by atoms with Crippen LogP contribution in [-0.2, 0) is 32.7 Å². The molecule has 0 bridgehead atoms. The molecular formula is C48H93NO8P+. The lowest BCUT2D eigenvalue weighted by Crippen LogP contribution is -2.37. The highest BCUT2D eigenvalue weighted by molar-refractivity contribution is 7.47. The number of nitrogens with zero attached hydrogens (tertiary/aromatic N) is 1. The van der Waals surface area contributed by atoms with Gasteiger partial charge in [0.2, 0.25) is 0 Å². The fraction of sp³-hybridized carbons (Fsp3) is 0.875. The zero-order chi connectivity index (χ0) is 42.8. The van der Waals surface area contributed by atoms with Gasteiger partial charge < -0.3 is 18.9 Å². The van der Waals surface area contributed by atoms with Crippen molar-refractivity contribution >= 4 is 19.8 Å². The number of quaternary nitrogens is 1. The Hall–Kier alpha value is -1.51. The summed E-state index contributed by atoms with van der Waals surface area (Å²) in [7, 11) is 1.46. The Morgan fingerprint density at radius 3 is 1.41 bits per heavy atom. The minimum Gasteiger partial charge on any atom is -0.462 e. The van der Waals surface area contributed by atoms with Gasteiger partial charge in [-0.1, -0.05) is 192 Å². The van der Waals surface area contributed by atoms with Crippen LogP contribution in [0.4, 0.5) is 0 Å². The summed E-state index contributed by atoms with van der Waals surface area (Å²) < 4.78 is 34.3.